The van der Waals surface area contributed by atoms with Gasteiger partial charge in [0.2, 0.25) is 0 Å². The lowest BCUT2D eigenvalue weighted by atomic mass is 10.0. The zero-order valence-corrected chi connectivity index (χ0v) is 11.5. The van der Waals surface area contributed by atoms with Crippen molar-refractivity contribution in [1.29, 1.82) is 0 Å². The third-order valence-corrected chi connectivity index (χ3v) is 4.26. The maximum absolute atomic E-state index is 5.65. The average molecular weight is 291 g/mol. The van der Waals surface area contributed by atoms with Crippen molar-refractivity contribution < 1.29 is 0 Å². The van der Waals surface area contributed by atoms with Crippen LogP contribution < -0.4 is 11.1 Å². The summed E-state index contributed by atoms with van der Waals surface area (Å²) < 4.78 is 1.18. The van der Waals surface area contributed by atoms with E-state index >= 15 is 0 Å². The number of thiophene rings is 1. The van der Waals surface area contributed by atoms with Crippen molar-refractivity contribution in [3.8, 4) is 0 Å². The molecule has 3 N–H and O–H groups in total. The predicted molar refractivity (Wildman–Crippen MR) is 71.2 cm³/mol. The van der Waals surface area contributed by atoms with Crippen LogP contribution in [0, 0.1) is 5.92 Å². The molecule has 0 fully saturated rings. The summed E-state index contributed by atoms with van der Waals surface area (Å²) in [6.07, 6.45) is 2.36. The zero-order chi connectivity index (χ0) is 11.1. The zero-order valence-electron chi connectivity index (χ0n) is 9.13. The highest BCUT2D eigenvalue weighted by Gasteiger charge is 2.03. The largest absolute Gasteiger partial charge is 0.330 e. The van der Waals surface area contributed by atoms with Crippen LogP contribution in [0.5, 0.6) is 0 Å². The predicted octanol–water partition coefficient (Wildman–Crippen LogP) is 2.98. The van der Waals surface area contributed by atoms with Crippen LogP contribution in [0.3, 0.4) is 0 Å². The fraction of sp³-hybridized carbons (Fsp3) is 0.636. The van der Waals surface area contributed by atoms with Gasteiger partial charge in [0, 0.05) is 21.3 Å². The van der Waals surface area contributed by atoms with Crippen LogP contribution in [0.2, 0.25) is 0 Å². The van der Waals surface area contributed by atoms with Gasteiger partial charge in [-0.3, -0.25) is 0 Å². The molecule has 2 nitrogen and oxygen atoms in total. The Morgan fingerprint density at radius 2 is 2.40 bits per heavy atom. The van der Waals surface area contributed by atoms with Crippen LogP contribution in [0.25, 0.3) is 0 Å². The van der Waals surface area contributed by atoms with Gasteiger partial charge in [-0.1, -0.05) is 13.3 Å². The van der Waals surface area contributed by atoms with Gasteiger partial charge in [0.25, 0.3) is 0 Å². The summed E-state index contributed by atoms with van der Waals surface area (Å²) in [5.74, 6) is 0.674. The Bertz CT molecular complexity index is 271. The molecule has 86 valence electrons. The van der Waals surface area contributed by atoms with Crippen LogP contribution in [0.4, 0.5) is 0 Å². The second kappa shape index (κ2) is 7.39. The highest BCUT2D eigenvalue weighted by molar-refractivity contribution is 9.10. The minimum Gasteiger partial charge on any atom is -0.330 e. The third kappa shape index (κ3) is 5.11. The third-order valence-electron chi connectivity index (χ3n) is 2.56. The Morgan fingerprint density at radius 1 is 1.60 bits per heavy atom. The fourth-order valence-electron chi connectivity index (χ4n) is 1.45. The summed E-state index contributed by atoms with van der Waals surface area (Å²) in [5.41, 5.74) is 5.65. The van der Waals surface area contributed by atoms with E-state index in [9.17, 15) is 0 Å². The maximum Gasteiger partial charge on any atom is 0.0300 e. The first-order chi connectivity index (χ1) is 7.26. The van der Waals surface area contributed by atoms with Crippen molar-refractivity contribution in [2.24, 2.45) is 11.7 Å². The normalized spacial score (nSPS) is 13.0. The fourth-order valence-corrected chi connectivity index (χ4v) is 2.87. The molecule has 1 heterocycles. The number of nitrogens with one attached hydrogen (secondary N) is 1. The van der Waals surface area contributed by atoms with Gasteiger partial charge in [-0.05, 0) is 47.4 Å². The topological polar surface area (TPSA) is 38.0 Å². The molecule has 1 unspecified atom stereocenters. The van der Waals surface area contributed by atoms with Gasteiger partial charge in [0.15, 0.2) is 0 Å². The smallest absolute Gasteiger partial charge is 0.0300 e. The van der Waals surface area contributed by atoms with E-state index in [1.165, 1.54) is 22.2 Å². The standard InChI is InChI=1S/C11H19BrN2S/c1-2-9(6-13)3-4-14-7-11-5-10(12)8-15-11/h5,8-9,14H,2-4,6-7,13H2,1H3. The molecule has 0 saturated heterocycles. The second-order valence-electron chi connectivity index (χ2n) is 3.71. The molecule has 0 saturated carbocycles. The van der Waals surface area contributed by atoms with E-state index in [-0.39, 0.29) is 0 Å². The Kier molecular flexibility index (Phi) is 6.48. The van der Waals surface area contributed by atoms with Gasteiger partial charge in [0.05, 0.1) is 0 Å². The summed E-state index contributed by atoms with van der Waals surface area (Å²) in [7, 11) is 0. The van der Waals surface area contributed by atoms with E-state index in [4.69, 9.17) is 5.73 Å². The molecule has 0 aliphatic heterocycles. The molecule has 15 heavy (non-hydrogen) atoms. The molecule has 1 aromatic heterocycles. The SMILES string of the molecule is CCC(CN)CCNCc1cc(Br)cs1. The lowest BCUT2D eigenvalue weighted by Crippen LogP contribution is -2.21. The highest BCUT2D eigenvalue weighted by Crippen LogP contribution is 2.19. The maximum atomic E-state index is 5.65. The van der Waals surface area contributed by atoms with Crippen LogP contribution in [-0.4, -0.2) is 13.1 Å². The van der Waals surface area contributed by atoms with Gasteiger partial charge in [-0.2, -0.15) is 0 Å². The average Bonchev–Trinajstić information content (AvgIpc) is 2.65. The molecular weight excluding hydrogens is 272 g/mol. The first-order valence-corrected chi connectivity index (χ1v) is 7.07. The molecule has 0 spiro atoms. The van der Waals surface area contributed by atoms with E-state index in [1.54, 1.807) is 11.3 Å². The minimum atomic E-state index is 0.674. The van der Waals surface area contributed by atoms with Crippen molar-refractivity contribution >= 4 is 27.3 Å². The van der Waals surface area contributed by atoms with Gasteiger partial charge in [0.1, 0.15) is 0 Å². The van der Waals surface area contributed by atoms with Crippen LogP contribution >= 0.6 is 27.3 Å². The Morgan fingerprint density at radius 3 is 2.93 bits per heavy atom. The van der Waals surface area contributed by atoms with Gasteiger partial charge < -0.3 is 11.1 Å². The molecular formula is C11H19BrN2S. The highest BCUT2D eigenvalue weighted by atomic mass is 79.9. The molecule has 4 heteroatoms. The van der Waals surface area contributed by atoms with Crippen molar-refractivity contribution in [3.63, 3.8) is 0 Å². The summed E-state index contributed by atoms with van der Waals surface area (Å²) in [5, 5.41) is 5.56. The van der Waals surface area contributed by atoms with E-state index in [2.05, 4.69) is 39.6 Å². The summed E-state index contributed by atoms with van der Waals surface area (Å²) in [4.78, 5) is 1.38. The molecule has 0 amide bonds. The van der Waals surface area contributed by atoms with Gasteiger partial charge in [-0.25, -0.2) is 0 Å². The van der Waals surface area contributed by atoms with Crippen LogP contribution in [0.1, 0.15) is 24.6 Å². The first kappa shape index (κ1) is 13.2. The Hall–Kier alpha value is 0.1000. The van der Waals surface area contributed by atoms with Crippen LogP contribution in [0.15, 0.2) is 15.9 Å². The molecule has 0 radical (unpaired) electrons. The van der Waals surface area contributed by atoms with E-state index in [0.717, 1.165) is 19.6 Å². The molecule has 1 atom stereocenters. The lowest BCUT2D eigenvalue weighted by Gasteiger charge is -2.11. The number of halogens is 1. The number of hydrogen-bond donors (Lipinski definition) is 2. The quantitative estimate of drug-likeness (QED) is 0.758. The lowest BCUT2D eigenvalue weighted by molar-refractivity contribution is 0.461. The van der Waals surface area contributed by atoms with E-state index < -0.39 is 0 Å². The second-order valence-corrected chi connectivity index (χ2v) is 5.62. The monoisotopic (exact) mass is 290 g/mol. The first-order valence-electron chi connectivity index (χ1n) is 5.40. The van der Waals surface area contributed by atoms with Gasteiger partial charge in [-0.15, -0.1) is 11.3 Å². The number of rotatable bonds is 7. The number of nitrogens with two attached hydrogens (primary N) is 1. The van der Waals surface area contributed by atoms with Crippen molar-refractivity contribution in [1.82, 2.24) is 5.32 Å². The molecule has 0 aromatic carbocycles. The van der Waals surface area contributed by atoms with E-state index in [0.29, 0.717) is 5.92 Å². The molecule has 0 aliphatic carbocycles. The molecule has 0 bridgehead atoms. The summed E-state index contributed by atoms with van der Waals surface area (Å²) >= 11 is 5.24. The van der Waals surface area contributed by atoms with Crippen LogP contribution in [-0.2, 0) is 6.54 Å². The van der Waals surface area contributed by atoms with Gasteiger partial charge >= 0.3 is 0 Å². The summed E-state index contributed by atoms with van der Waals surface area (Å²) in [6.45, 7) is 5.04. The summed E-state index contributed by atoms with van der Waals surface area (Å²) in [6, 6.07) is 2.16. The molecule has 1 rings (SSSR count). The van der Waals surface area contributed by atoms with E-state index in [1.807, 2.05) is 0 Å². The van der Waals surface area contributed by atoms with Crippen molar-refractivity contribution in [2.75, 3.05) is 13.1 Å². The Labute approximate surface area is 104 Å². The van der Waals surface area contributed by atoms with Crippen molar-refractivity contribution in [3.05, 3.63) is 20.8 Å². The number of hydrogen-bond acceptors (Lipinski definition) is 3. The van der Waals surface area contributed by atoms with Crippen molar-refractivity contribution in [2.45, 2.75) is 26.3 Å². The Balaban J connectivity index is 2.11. The molecule has 1 aromatic rings. The minimum absolute atomic E-state index is 0.674. The molecule has 0 aliphatic rings.